The number of anilines is 5. The van der Waals surface area contributed by atoms with E-state index in [1.165, 1.54) is 105 Å². The third-order valence-electron chi connectivity index (χ3n) is 32.5. The van der Waals surface area contributed by atoms with Gasteiger partial charge in [0, 0.05) is 164 Å². The van der Waals surface area contributed by atoms with Gasteiger partial charge in [0.05, 0.1) is 58.6 Å². The molecule has 40 heteroatoms. The zero-order valence-corrected chi connectivity index (χ0v) is 92.4. The van der Waals surface area contributed by atoms with Gasteiger partial charge in [-0.2, -0.15) is 0 Å². The molecule has 802 valence electrons. The fraction of sp³-hybridized carbons (Fsp3) is 0.673. The first-order valence-corrected chi connectivity index (χ1v) is 58.1. The van der Waals surface area contributed by atoms with Crippen LogP contribution in [0.3, 0.4) is 0 Å². The molecule has 13 N–H and O–H groups in total. The Balaban J connectivity index is 0.000000131. The van der Waals surface area contributed by atoms with Crippen LogP contribution in [0.15, 0.2) is 31.6 Å². The fourth-order valence-electron chi connectivity index (χ4n) is 24.1. The molecule has 5 unspecified atom stereocenters. The van der Waals surface area contributed by atoms with Crippen LogP contribution in [0.1, 0.15) is 274 Å². The first kappa shape index (κ1) is 111. The summed E-state index contributed by atoms with van der Waals surface area (Å²) in [5.74, 6) is 5.20. The normalized spacial score (nSPS) is 23.9. The molecule has 0 spiro atoms. The summed E-state index contributed by atoms with van der Waals surface area (Å²) in [5.41, 5.74) is 6.08. The molecule has 0 bridgehead atoms. The molecule has 5 amide bonds. The molecule has 35 nitrogen and oxygen atoms in total. The Morgan fingerprint density at radius 1 is 0.293 bits per heavy atom. The van der Waals surface area contributed by atoms with Gasteiger partial charge >= 0.3 is 0 Å². The third kappa shape index (κ3) is 27.1. The molecule has 5 fully saturated rings. The summed E-state index contributed by atoms with van der Waals surface area (Å²) in [6.45, 7) is 2.26. The molecule has 10 aliphatic carbocycles. The minimum absolute atomic E-state index is 0.00247. The number of aryl methyl sites for hydroxylation is 5. The molecule has 0 radical (unpaired) electrons. The van der Waals surface area contributed by atoms with Crippen LogP contribution in [-0.2, 0) is 56.1 Å². The second-order valence-electron chi connectivity index (χ2n) is 43.2. The number of carbonyl (C=O) groups excluding carboxylic acids is 5. The maximum Gasteiger partial charge on any atom is 0.230 e. The Hall–Kier alpha value is -8.85. The van der Waals surface area contributed by atoms with E-state index in [1.807, 2.05) is 0 Å². The summed E-state index contributed by atoms with van der Waals surface area (Å²) >= 11 is 8.65. The summed E-state index contributed by atoms with van der Waals surface area (Å²) in [6.07, 6.45) is 43.8. The van der Waals surface area contributed by atoms with E-state index in [4.69, 9.17) is 20.4 Å². The van der Waals surface area contributed by atoms with E-state index in [9.17, 15) is 29.1 Å². The van der Waals surface area contributed by atoms with Crippen LogP contribution in [0.4, 0.5) is 29.1 Å². The minimum Gasteiger partial charge on any atom is -0.396 e. The highest BCUT2D eigenvalue weighted by Crippen LogP contribution is 2.53. The van der Waals surface area contributed by atoms with Crippen molar-refractivity contribution in [3.63, 3.8) is 0 Å². The van der Waals surface area contributed by atoms with Crippen molar-refractivity contribution in [3.8, 4) is 0 Å². The predicted octanol–water partition coefficient (Wildman–Crippen LogP) is 13.2. The quantitative estimate of drug-likeness (QED) is 0.0164. The van der Waals surface area contributed by atoms with Crippen LogP contribution in [0.25, 0.3) is 51.1 Å². The lowest BCUT2D eigenvalue weighted by Gasteiger charge is -2.33. The van der Waals surface area contributed by atoms with Gasteiger partial charge in [-0.3, -0.25) is 24.0 Å². The minimum atomic E-state index is -0.161. The molecule has 0 aliphatic heterocycles. The molecule has 10 aromatic heterocycles. The van der Waals surface area contributed by atoms with E-state index >= 15 is 0 Å². The lowest BCUT2D eigenvalue weighted by molar-refractivity contribution is -0.132. The van der Waals surface area contributed by atoms with Crippen LogP contribution < -0.4 is 42.5 Å². The maximum absolute atomic E-state index is 13.0. The van der Waals surface area contributed by atoms with Gasteiger partial charge in [-0.25, -0.2) is 49.8 Å². The van der Waals surface area contributed by atoms with Gasteiger partial charge in [0.15, 0.2) is 0 Å². The van der Waals surface area contributed by atoms with Crippen molar-refractivity contribution >= 4 is 166 Å². The standard InChI is InChI=1S/2C22H33N5O2S.3C21H31N5O2S/c1-26(2)16-7-5-15(6-8-16)25-21-20-19-14(12-18(29)27(3)10-11-28)4-9-17(19)30-22(20)24-13-23-21;1-27(2)16-7-5-15(6-8-16)26-21-20-19-14(12-18(29)23-10-3-11-28)4-9-17(19)30-22(20)25-13-24-21;1-25(2)14-6-4-13(5-7-14)24-19-18-17-15(21(28)26(3)10-11-27)8-9-16(17)29-20(18)23-12-22-19;1-26(2)14-6-4-13(5-7-14)25-19-18-17-15(20(28)22-10-3-11-27)8-9-16(17)29-21(18)24-12-23-19;1-26(2)15-6-4-14(5-7-15)25-20-19-18-13(11-17(28)22-9-10-27)3-8-16(18)29-21(19)24-12-23-20/h13-16,28H,4-12H2,1-3H3,(H,23,24,25);13-16,28H,3-12H2,1-2H3,(H,23,29)(H,24,25,26);12-15,27H,4-11H2,1-3H3,(H,22,23,24);2*12-15,27H,3-11H2,1-2H3,(H,22,28)(H,23,24,25). The summed E-state index contributed by atoms with van der Waals surface area (Å²) < 4.78 is 0. The van der Waals surface area contributed by atoms with Crippen LogP contribution in [0.5, 0.6) is 0 Å². The van der Waals surface area contributed by atoms with Gasteiger partial charge in [-0.05, 0) is 322 Å². The van der Waals surface area contributed by atoms with Gasteiger partial charge in [0.25, 0.3) is 0 Å². The van der Waals surface area contributed by atoms with E-state index in [-0.39, 0.29) is 92.2 Å². The average Bonchev–Trinajstić information content (AvgIpc) is 1.77. The second-order valence-corrected chi connectivity index (χ2v) is 48.6. The van der Waals surface area contributed by atoms with E-state index in [0.717, 1.165) is 220 Å². The highest BCUT2D eigenvalue weighted by atomic mass is 32.1. The first-order chi connectivity index (χ1) is 71.2. The number of rotatable bonds is 35. The number of thiophene rings is 5. The Morgan fingerprint density at radius 3 is 0.857 bits per heavy atom. The second kappa shape index (κ2) is 52.5. The Labute approximate surface area is 885 Å². The molecule has 20 rings (SSSR count). The molecular formula is C107H159N25O10S5. The van der Waals surface area contributed by atoms with Crippen molar-refractivity contribution in [2.75, 3.05) is 177 Å². The van der Waals surface area contributed by atoms with Gasteiger partial charge in [-0.1, -0.05) is 0 Å². The van der Waals surface area contributed by atoms with Crippen molar-refractivity contribution in [3.05, 3.63) is 83.8 Å². The summed E-state index contributed by atoms with van der Waals surface area (Å²) in [6, 6.07) is 5.48. The van der Waals surface area contributed by atoms with E-state index < -0.39 is 0 Å². The van der Waals surface area contributed by atoms with E-state index in [1.54, 1.807) is 112 Å². The predicted molar refractivity (Wildman–Crippen MR) is 592 cm³/mol. The molecule has 10 aromatic rings. The van der Waals surface area contributed by atoms with E-state index in [2.05, 4.69) is 187 Å². The third-order valence-corrected chi connectivity index (χ3v) is 38.4. The molecule has 10 aliphatic rings. The topological polar surface area (TPSA) is 434 Å². The zero-order chi connectivity index (χ0) is 104. The maximum atomic E-state index is 13.0. The van der Waals surface area contributed by atoms with E-state index in [0.29, 0.717) is 125 Å². The molecule has 147 heavy (non-hydrogen) atoms. The fourth-order valence-corrected chi connectivity index (χ4v) is 30.3. The van der Waals surface area contributed by atoms with Gasteiger partial charge in [-0.15, -0.1) is 56.7 Å². The number of likely N-dealkylation sites (N-methyl/N-ethyl adjacent to an activating group) is 2. The Bertz CT molecular complexity index is 6030. The summed E-state index contributed by atoms with van der Waals surface area (Å²) in [5, 5.41) is 77.9. The van der Waals surface area contributed by atoms with Crippen LogP contribution in [0, 0.1) is 0 Å². The number of amides is 5. The van der Waals surface area contributed by atoms with Crippen molar-refractivity contribution in [2.24, 2.45) is 0 Å². The summed E-state index contributed by atoms with van der Waals surface area (Å²) in [7, 11) is 25.2. The Kier molecular flexibility index (Phi) is 39.5. The number of carbonyl (C=O) groups is 5. The number of aromatic nitrogens is 10. The highest BCUT2D eigenvalue weighted by molar-refractivity contribution is 7.20. The van der Waals surface area contributed by atoms with Gasteiger partial charge in [0.2, 0.25) is 29.5 Å². The smallest absolute Gasteiger partial charge is 0.230 e. The largest absolute Gasteiger partial charge is 0.396 e. The van der Waals surface area contributed by atoms with Crippen LogP contribution in [-0.4, -0.2) is 350 Å². The zero-order valence-electron chi connectivity index (χ0n) is 88.3. The Morgan fingerprint density at radius 2 is 0.558 bits per heavy atom. The number of hydrogen-bond donors (Lipinski definition) is 13. The monoisotopic (exact) mass is 2110 g/mol. The SMILES string of the molecule is CN(C)C1CCC(Nc2ncnc3sc4c(c23)C(C(=O)NCCCO)CC4)CC1.CN(C)C1CCC(Nc2ncnc3sc4c(c23)C(CC(=O)NCCCO)CC4)CC1.CN(C)C1CCC(Nc2ncnc3sc4c(c23)C(CC(=O)NCCO)CC4)CC1.CN(CCO)C(=O)C1CCc2sc3ncnc(NC4CCC(N(C)C)CC4)c3c21.CN(CCO)C(=O)CC1CCc2sc3ncnc(NC4CCC(N(C)C)CC4)c3c21. The van der Waals surface area contributed by atoms with Gasteiger partial charge in [0.1, 0.15) is 84.9 Å². The number of aliphatic hydroxyl groups is 5. The highest BCUT2D eigenvalue weighted by Gasteiger charge is 2.42. The van der Waals surface area contributed by atoms with Crippen LogP contribution in [0.2, 0.25) is 0 Å². The number of aliphatic hydroxyl groups excluding tert-OH is 5. The van der Waals surface area contributed by atoms with Gasteiger partial charge < -0.3 is 102 Å². The number of nitrogens with zero attached hydrogens (tertiary/aromatic N) is 17. The van der Waals surface area contributed by atoms with Crippen molar-refractivity contribution < 1.29 is 49.5 Å². The molecule has 5 atom stereocenters. The van der Waals surface area contributed by atoms with Crippen molar-refractivity contribution in [1.29, 1.82) is 0 Å². The number of fused-ring (bicyclic) bond motifs is 15. The average molecular weight is 2120 g/mol. The number of nitrogens with one attached hydrogen (secondary N) is 8. The molecule has 10 heterocycles. The lowest BCUT2D eigenvalue weighted by atomic mass is 9.90. The molecule has 0 aromatic carbocycles. The first-order valence-electron chi connectivity index (χ1n) is 54.0. The summed E-state index contributed by atoms with van der Waals surface area (Å²) in [4.78, 5) is 135. The van der Waals surface area contributed by atoms with Crippen molar-refractivity contribution in [1.82, 2.24) is 100 Å². The lowest BCUT2D eigenvalue weighted by Crippen LogP contribution is -2.36. The molecule has 0 saturated heterocycles. The number of hydrogen-bond acceptors (Lipinski definition) is 35. The molecule has 5 saturated carbocycles. The molecular weight excluding hydrogens is 1960 g/mol. The van der Waals surface area contributed by atoms with Crippen LogP contribution >= 0.6 is 56.7 Å². The van der Waals surface area contributed by atoms with Crippen molar-refractivity contribution in [2.45, 2.75) is 315 Å².